The number of nitrogens with one attached hydrogen (secondary N) is 2. The maximum Gasteiger partial charge on any atom is 0.417 e. The zero-order valence-corrected chi connectivity index (χ0v) is 33.5. The highest BCUT2D eigenvalue weighted by atomic mass is 19.4. The topological polar surface area (TPSA) is 172 Å². The number of benzene rings is 2. The summed E-state index contributed by atoms with van der Waals surface area (Å²) in [6.07, 6.45) is 0.00497. The summed E-state index contributed by atoms with van der Waals surface area (Å²) >= 11 is 0. The number of imide groups is 2. The molecule has 4 saturated heterocycles. The number of piperidine rings is 3. The number of carbonyl (C=O) groups excluding carboxylic acids is 5. The molecular formula is C43H46F3N9O6. The van der Waals surface area contributed by atoms with Gasteiger partial charge in [-0.3, -0.25) is 39.1 Å². The number of hydrogen-bond acceptors (Lipinski definition) is 12. The fourth-order valence-corrected chi connectivity index (χ4v) is 8.85. The molecule has 8 rings (SSSR count). The van der Waals surface area contributed by atoms with Crippen LogP contribution in [0.5, 0.6) is 0 Å². The molecule has 5 aliphatic rings. The van der Waals surface area contributed by atoms with Crippen molar-refractivity contribution in [3.8, 4) is 6.07 Å². The van der Waals surface area contributed by atoms with E-state index >= 15 is 0 Å². The number of fused-ring (bicyclic) bond motifs is 1. The normalized spacial score (nSPS) is 20.8. The molecule has 3 aromatic rings. The van der Waals surface area contributed by atoms with E-state index in [0.29, 0.717) is 44.0 Å². The van der Waals surface area contributed by atoms with Gasteiger partial charge in [-0.15, -0.1) is 0 Å². The number of pyridine rings is 1. The van der Waals surface area contributed by atoms with Crippen LogP contribution < -0.4 is 25.3 Å². The predicted octanol–water partition coefficient (Wildman–Crippen LogP) is 4.04. The molecule has 15 nitrogen and oxygen atoms in total. The molecule has 6 heterocycles. The molecule has 18 heteroatoms. The summed E-state index contributed by atoms with van der Waals surface area (Å²) in [5.74, 6) is -2.10. The Kier molecular flexibility index (Phi) is 12.0. The van der Waals surface area contributed by atoms with Gasteiger partial charge in [0.25, 0.3) is 11.8 Å². The lowest BCUT2D eigenvalue weighted by molar-refractivity contribution is -0.138. The first kappa shape index (κ1) is 41.7. The van der Waals surface area contributed by atoms with Gasteiger partial charge in [-0.25, -0.2) is 4.98 Å². The SMILES string of the molecule is N#Cc1ccc(N2CCC(C(=O)Nc3ccc(N4CCN(CCOC5CCN(c6ccc7c(c6)C(=O)N(C6CCC(=O)NC6=O)C7=O)CC5)CC4)cn3)CC2)cc1C(F)(F)F. The molecule has 1 unspecified atom stereocenters. The molecule has 61 heavy (non-hydrogen) atoms. The minimum Gasteiger partial charge on any atom is -0.377 e. The molecule has 1 atom stereocenters. The van der Waals surface area contributed by atoms with Gasteiger partial charge in [0.1, 0.15) is 11.9 Å². The lowest BCUT2D eigenvalue weighted by Crippen LogP contribution is -2.54. The van der Waals surface area contributed by atoms with E-state index in [1.165, 1.54) is 12.1 Å². The Bertz CT molecular complexity index is 2220. The van der Waals surface area contributed by atoms with Crippen molar-refractivity contribution >= 4 is 52.4 Å². The standard InChI is InChI=1S/C43H46F3N9O6/c44-43(45,46)35-24-30(2-1-28(35)25-47)52-13-9-27(10-14-52)39(57)49-37-7-4-31(26-48-37)54-19-17-51(18-20-54)21-22-61-32-11-15-53(16-12-32)29-3-5-33-34(23-29)42(60)55(41(33)59)36-6-8-38(56)50-40(36)58/h1-5,7,23-24,26-27,32,36H,6,8-22H2,(H,48,49,57)(H,50,56,58). The van der Waals surface area contributed by atoms with E-state index in [0.717, 1.165) is 81.0 Å². The van der Waals surface area contributed by atoms with Crippen molar-refractivity contribution in [3.05, 3.63) is 77.0 Å². The van der Waals surface area contributed by atoms with Crippen LogP contribution in [0.2, 0.25) is 0 Å². The van der Waals surface area contributed by atoms with Crippen molar-refractivity contribution in [2.75, 3.05) is 85.5 Å². The highest BCUT2D eigenvalue weighted by Crippen LogP contribution is 2.36. The molecular weight excluding hydrogens is 796 g/mol. The number of ether oxygens (including phenoxy) is 1. The number of carbonyl (C=O) groups is 5. The molecule has 2 aromatic carbocycles. The van der Waals surface area contributed by atoms with Gasteiger partial charge in [0, 0.05) is 82.6 Å². The Hall–Kier alpha value is -6.06. The van der Waals surface area contributed by atoms with E-state index in [4.69, 9.17) is 10.00 Å². The Morgan fingerprint density at radius 2 is 1.44 bits per heavy atom. The summed E-state index contributed by atoms with van der Waals surface area (Å²) < 4.78 is 46.7. The molecule has 5 aliphatic heterocycles. The fourth-order valence-electron chi connectivity index (χ4n) is 8.85. The van der Waals surface area contributed by atoms with Gasteiger partial charge in [0.15, 0.2) is 0 Å². The minimum absolute atomic E-state index is 0.0730. The van der Waals surface area contributed by atoms with Crippen LogP contribution in [0, 0.1) is 17.2 Å². The monoisotopic (exact) mass is 841 g/mol. The number of rotatable bonds is 10. The number of nitriles is 1. The highest BCUT2D eigenvalue weighted by molar-refractivity contribution is 6.23. The number of hydrogen-bond donors (Lipinski definition) is 2. The smallest absolute Gasteiger partial charge is 0.377 e. The minimum atomic E-state index is -4.63. The van der Waals surface area contributed by atoms with E-state index in [-0.39, 0.29) is 41.9 Å². The summed E-state index contributed by atoms with van der Waals surface area (Å²) in [5.41, 5.74) is 1.34. The molecule has 320 valence electrons. The third-order valence-electron chi connectivity index (χ3n) is 12.4. The molecule has 0 bridgehead atoms. The van der Waals surface area contributed by atoms with Gasteiger partial charge in [-0.2, -0.15) is 18.4 Å². The van der Waals surface area contributed by atoms with E-state index in [1.54, 1.807) is 30.5 Å². The first-order valence-corrected chi connectivity index (χ1v) is 20.7. The molecule has 0 spiro atoms. The van der Waals surface area contributed by atoms with Crippen molar-refractivity contribution in [2.45, 2.75) is 56.8 Å². The largest absolute Gasteiger partial charge is 0.417 e. The molecule has 5 amide bonds. The van der Waals surface area contributed by atoms with Crippen molar-refractivity contribution in [2.24, 2.45) is 5.92 Å². The Labute approximate surface area is 350 Å². The van der Waals surface area contributed by atoms with Gasteiger partial charge in [-0.1, -0.05) is 0 Å². The lowest BCUT2D eigenvalue weighted by atomic mass is 9.95. The van der Waals surface area contributed by atoms with E-state index in [2.05, 4.69) is 30.3 Å². The fraction of sp³-hybridized carbons (Fsp3) is 0.465. The Balaban J connectivity index is 0.728. The third-order valence-corrected chi connectivity index (χ3v) is 12.4. The summed E-state index contributed by atoms with van der Waals surface area (Å²) in [5, 5.41) is 14.2. The van der Waals surface area contributed by atoms with E-state index < -0.39 is 47.0 Å². The molecule has 2 N–H and O–H groups in total. The summed E-state index contributed by atoms with van der Waals surface area (Å²) in [6.45, 7) is 7.06. The second kappa shape index (κ2) is 17.5. The number of amides is 5. The van der Waals surface area contributed by atoms with Crippen LogP contribution in [-0.2, 0) is 25.3 Å². The van der Waals surface area contributed by atoms with Crippen LogP contribution in [0.25, 0.3) is 0 Å². The summed E-state index contributed by atoms with van der Waals surface area (Å²) in [4.78, 5) is 77.5. The van der Waals surface area contributed by atoms with Gasteiger partial charge in [0.05, 0.1) is 52.9 Å². The quantitative estimate of drug-likeness (QED) is 0.282. The molecule has 1 aromatic heterocycles. The van der Waals surface area contributed by atoms with Crippen LogP contribution in [0.1, 0.15) is 70.4 Å². The first-order valence-electron chi connectivity index (χ1n) is 20.7. The van der Waals surface area contributed by atoms with Crippen LogP contribution in [0.3, 0.4) is 0 Å². The van der Waals surface area contributed by atoms with Crippen molar-refractivity contribution in [3.63, 3.8) is 0 Å². The van der Waals surface area contributed by atoms with E-state index in [1.807, 2.05) is 17.0 Å². The molecule has 0 saturated carbocycles. The zero-order valence-electron chi connectivity index (χ0n) is 33.5. The summed E-state index contributed by atoms with van der Waals surface area (Å²) in [6, 6.07) is 13.3. The number of halogens is 3. The maximum atomic E-state index is 13.5. The van der Waals surface area contributed by atoms with Crippen LogP contribution >= 0.6 is 0 Å². The van der Waals surface area contributed by atoms with Crippen molar-refractivity contribution in [1.82, 2.24) is 20.1 Å². The summed E-state index contributed by atoms with van der Waals surface area (Å²) in [7, 11) is 0. The number of nitrogens with zero attached hydrogens (tertiary/aromatic N) is 7. The van der Waals surface area contributed by atoms with Crippen LogP contribution in [0.4, 0.5) is 36.1 Å². The molecule has 0 aliphatic carbocycles. The maximum absolute atomic E-state index is 13.5. The second-order valence-corrected chi connectivity index (χ2v) is 16.1. The average Bonchev–Trinajstić information content (AvgIpc) is 3.51. The Morgan fingerprint density at radius 1 is 0.803 bits per heavy atom. The first-order chi connectivity index (χ1) is 29.4. The van der Waals surface area contributed by atoms with Crippen LogP contribution in [0.15, 0.2) is 54.7 Å². The molecule has 0 radical (unpaired) electrons. The molecule has 4 fully saturated rings. The van der Waals surface area contributed by atoms with Gasteiger partial charge in [0.2, 0.25) is 17.7 Å². The predicted molar refractivity (Wildman–Crippen MR) is 217 cm³/mol. The number of aromatic nitrogens is 1. The van der Waals surface area contributed by atoms with Gasteiger partial charge >= 0.3 is 6.18 Å². The third kappa shape index (κ3) is 9.03. The van der Waals surface area contributed by atoms with E-state index in [9.17, 15) is 37.1 Å². The highest BCUT2D eigenvalue weighted by Gasteiger charge is 2.45. The lowest BCUT2D eigenvalue weighted by Gasteiger charge is -2.37. The number of anilines is 4. The van der Waals surface area contributed by atoms with Crippen molar-refractivity contribution < 1.29 is 41.9 Å². The number of alkyl halides is 3. The number of piperazine rings is 1. The van der Waals surface area contributed by atoms with Gasteiger partial charge in [-0.05, 0) is 80.6 Å². The van der Waals surface area contributed by atoms with Gasteiger partial charge < -0.3 is 24.8 Å². The average molecular weight is 842 g/mol. The zero-order chi connectivity index (χ0) is 42.8. The Morgan fingerprint density at radius 3 is 2.10 bits per heavy atom. The van der Waals surface area contributed by atoms with Crippen molar-refractivity contribution in [1.29, 1.82) is 5.26 Å². The van der Waals surface area contributed by atoms with Crippen LogP contribution in [-0.4, -0.2) is 122 Å². The second-order valence-electron chi connectivity index (χ2n) is 16.1.